The van der Waals surface area contributed by atoms with Crippen molar-refractivity contribution in [2.45, 2.75) is 0 Å². The highest BCUT2D eigenvalue weighted by molar-refractivity contribution is 5.82. The maximum Gasteiger partial charge on any atom is 0.155 e. The molecule has 0 saturated heterocycles. The van der Waals surface area contributed by atoms with E-state index in [1.54, 1.807) is 6.20 Å². The second kappa shape index (κ2) is 5.98. The largest absolute Gasteiger partial charge is 0.454 e. The molecule has 24 heavy (non-hydrogen) atoms. The summed E-state index contributed by atoms with van der Waals surface area (Å²) in [4.78, 5) is 6.55. The molecule has 0 aliphatic carbocycles. The molecule has 3 heterocycles. The molecule has 0 amide bonds. The van der Waals surface area contributed by atoms with Crippen molar-refractivity contribution in [2.24, 2.45) is 0 Å². The lowest BCUT2D eigenvalue weighted by Gasteiger charge is -2.10. The summed E-state index contributed by atoms with van der Waals surface area (Å²) in [5, 5.41) is 9.05. The fraction of sp³-hybridized carbons (Fsp3) is 0.222. The van der Waals surface area contributed by atoms with Gasteiger partial charge >= 0.3 is 0 Å². The Morgan fingerprint density at radius 2 is 2.04 bits per heavy atom. The summed E-state index contributed by atoms with van der Waals surface area (Å²) in [6.45, 7) is 1.78. The first-order chi connectivity index (χ1) is 11.7. The Balaban J connectivity index is 1.70. The number of nitrogens with zero attached hydrogens (tertiary/aromatic N) is 4. The van der Waals surface area contributed by atoms with Gasteiger partial charge in [-0.3, -0.25) is 0 Å². The summed E-state index contributed by atoms with van der Waals surface area (Å²) in [5.41, 5.74) is 2.50. The zero-order chi connectivity index (χ0) is 16.5. The van der Waals surface area contributed by atoms with Crippen LogP contribution < -0.4 is 5.32 Å². The third kappa shape index (κ3) is 2.72. The van der Waals surface area contributed by atoms with E-state index in [0.29, 0.717) is 0 Å². The fourth-order valence-corrected chi connectivity index (χ4v) is 2.65. The number of rotatable bonds is 5. The standard InChI is InChI=1S/C18H19N5O/c1-22(2)10-9-19-17-7-8-18-20-12-14(23(18)21-17)16-11-13-5-3-4-6-15(13)24-16/h3-8,11-12H,9-10H2,1-2H3,(H,19,21). The van der Waals surface area contributed by atoms with Gasteiger partial charge in [0.15, 0.2) is 11.4 Å². The van der Waals surface area contributed by atoms with Crippen molar-refractivity contribution < 1.29 is 4.42 Å². The number of benzene rings is 1. The lowest BCUT2D eigenvalue weighted by Crippen LogP contribution is -2.21. The van der Waals surface area contributed by atoms with Gasteiger partial charge in [0.05, 0.1) is 6.20 Å². The van der Waals surface area contributed by atoms with Gasteiger partial charge in [-0.25, -0.2) is 9.50 Å². The van der Waals surface area contributed by atoms with Crippen LogP contribution in [0.2, 0.25) is 0 Å². The highest BCUT2D eigenvalue weighted by Gasteiger charge is 2.12. The SMILES string of the molecule is CN(C)CCNc1ccc2ncc(-c3cc4ccccc4o3)n2n1. The normalized spacial score (nSPS) is 11.6. The van der Waals surface area contributed by atoms with Crippen LogP contribution in [0.1, 0.15) is 0 Å². The second-order valence-electron chi connectivity index (χ2n) is 6.01. The van der Waals surface area contributed by atoms with E-state index in [4.69, 9.17) is 4.42 Å². The molecule has 0 bridgehead atoms. The summed E-state index contributed by atoms with van der Waals surface area (Å²) in [6.07, 6.45) is 1.80. The van der Waals surface area contributed by atoms with Crippen molar-refractivity contribution in [1.29, 1.82) is 0 Å². The summed E-state index contributed by atoms with van der Waals surface area (Å²) in [6, 6.07) is 13.9. The van der Waals surface area contributed by atoms with E-state index in [-0.39, 0.29) is 0 Å². The molecule has 0 atom stereocenters. The topological polar surface area (TPSA) is 58.6 Å². The van der Waals surface area contributed by atoms with E-state index in [1.165, 1.54) is 0 Å². The third-order valence-electron chi connectivity index (χ3n) is 3.91. The smallest absolute Gasteiger partial charge is 0.155 e. The maximum atomic E-state index is 5.95. The van der Waals surface area contributed by atoms with Gasteiger partial charge in [0.2, 0.25) is 0 Å². The van der Waals surface area contributed by atoms with E-state index < -0.39 is 0 Å². The first kappa shape index (κ1) is 14.7. The molecule has 6 nitrogen and oxygen atoms in total. The van der Waals surface area contributed by atoms with Gasteiger partial charge < -0.3 is 14.6 Å². The molecule has 122 valence electrons. The monoisotopic (exact) mass is 321 g/mol. The Kier molecular flexibility index (Phi) is 3.66. The van der Waals surface area contributed by atoms with Crippen LogP contribution in [0.25, 0.3) is 28.1 Å². The zero-order valence-electron chi connectivity index (χ0n) is 13.7. The molecule has 0 spiro atoms. The summed E-state index contributed by atoms with van der Waals surface area (Å²) in [7, 11) is 4.10. The Labute approximate surface area is 139 Å². The van der Waals surface area contributed by atoms with Crippen LogP contribution in [0.3, 0.4) is 0 Å². The molecule has 1 N–H and O–H groups in total. The van der Waals surface area contributed by atoms with Gasteiger partial charge in [-0.1, -0.05) is 18.2 Å². The lowest BCUT2D eigenvalue weighted by molar-refractivity contribution is 0.425. The third-order valence-corrected chi connectivity index (χ3v) is 3.91. The Morgan fingerprint density at radius 1 is 1.17 bits per heavy atom. The van der Waals surface area contributed by atoms with Crippen LogP contribution in [0.5, 0.6) is 0 Å². The predicted octanol–water partition coefficient (Wildman–Crippen LogP) is 3.12. The number of likely N-dealkylation sites (N-methyl/N-ethyl adjacent to an activating group) is 1. The van der Waals surface area contributed by atoms with E-state index >= 15 is 0 Å². The number of hydrogen-bond acceptors (Lipinski definition) is 5. The first-order valence-corrected chi connectivity index (χ1v) is 7.93. The van der Waals surface area contributed by atoms with Crippen molar-refractivity contribution >= 4 is 22.4 Å². The number of furan rings is 1. The van der Waals surface area contributed by atoms with E-state index in [2.05, 4.69) is 20.3 Å². The van der Waals surface area contributed by atoms with E-state index in [0.717, 1.165) is 47.0 Å². The number of nitrogens with one attached hydrogen (secondary N) is 1. The molecule has 0 fully saturated rings. The van der Waals surface area contributed by atoms with Gasteiger partial charge in [0.1, 0.15) is 17.1 Å². The average molecular weight is 321 g/mol. The number of imidazole rings is 1. The van der Waals surface area contributed by atoms with E-state index in [1.807, 2.05) is 61.1 Å². The summed E-state index contributed by atoms with van der Waals surface area (Å²) in [5.74, 6) is 1.58. The lowest BCUT2D eigenvalue weighted by atomic mass is 10.2. The van der Waals surface area contributed by atoms with Crippen molar-refractivity contribution in [1.82, 2.24) is 19.5 Å². The first-order valence-electron chi connectivity index (χ1n) is 7.93. The van der Waals surface area contributed by atoms with Gasteiger partial charge in [-0.15, -0.1) is 5.10 Å². The van der Waals surface area contributed by atoms with Crippen LogP contribution in [0, 0.1) is 0 Å². The minimum absolute atomic E-state index is 0.765. The van der Waals surface area contributed by atoms with Crippen LogP contribution in [-0.4, -0.2) is 46.7 Å². The average Bonchev–Trinajstić information content (AvgIpc) is 3.17. The molecule has 0 radical (unpaired) electrons. The zero-order valence-corrected chi connectivity index (χ0v) is 13.7. The van der Waals surface area contributed by atoms with Crippen molar-refractivity contribution in [3.63, 3.8) is 0 Å². The molecule has 0 unspecified atom stereocenters. The van der Waals surface area contributed by atoms with Crippen molar-refractivity contribution in [3.8, 4) is 11.5 Å². The van der Waals surface area contributed by atoms with Crippen molar-refractivity contribution in [3.05, 3.63) is 48.7 Å². The van der Waals surface area contributed by atoms with Crippen molar-refractivity contribution in [2.75, 3.05) is 32.5 Å². The Morgan fingerprint density at radius 3 is 2.88 bits per heavy atom. The quantitative estimate of drug-likeness (QED) is 0.612. The molecule has 1 aromatic carbocycles. The molecule has 6 heteroatoms. The summed E-state index contributed by atoms with van der Waals surface area (Å²) >= 11 is 0. The predicted molar refractivity (Wildman–Crippen MR) is 95.2 cm³/mol. The number of hydrogen-bond donors (Lipinski definition) is 1. The summed E-state index contributed by atoms with van der Waals surface area (Å²) < 4.78 is 7.76. The molecule has 4 rings (SSSR count). The molecular weight excluding hydrogens is 302 g/mol. The van der Waals surface area contributed by atoms with Gasteiger partial charge in [-0.2, -0.15) is 0 Å². The van der Waals surface area contributed by atoms with Crippen LogP contribution in [0.4, 0.5) is 5.82 Å². The molecule has 0 aliphatic heterocycles. The Bertz CT molecular complexity index is 952. The van der Waals surface area contributed by atoms with Gasteiger partial charge in [0, 0.05) is 18.5 Å². The van der Waals surface area contributed by atoms with Crippen LogP contribution in [-0.2, 0) is 0 Å². The maximum absolute atomic E-state index is 5.95. The van der Waals surface area contributed by atoms with Crippen LogP contribution in [0.15, 0.2) is 53.1 Å². The molecule has 0 aliphatic rings. The minimum Gasteiger partial charge on any atom is -0.454 e. The number of anilines is 1. The highest BCUT2D eigenvalue weighted by Crippen LogP contribution is 2.28. The molecule has 0 saturated carbocycles. The fourth-order valence-electron chi connectivity index (χ4n) is 2.65. The van der Waals surface area contributed by atoms with Crippen LogP contribution >= 0.6 is 0 Å². The number of para-hydroxylation sites is 1. The Hall–Kier alpha value is -2.86. The second-order valence-corrected chi connectivity index (χ2v) is 6.01. The van der Waals surface area contributed by atoms with Gasteiger partial charge in [0.25, 0.3) is 0 Å². The van der Waals surface area contributed by atoms with Gasteiger partial charge in [-0.05, 0) is 38.4 Å². The number of fused-ring (bicyclic) bond motifs is 2. The molecule has 4 aromatic rings. The molecular formula is C18H19N5O. The molecule has 3 aromatic heterocycles. The number of aromatic nitrogens is 3. The van der Waals surface area contributed by atoms with E-state index in [9.17, 15) is 0 Å². The minimum atomic E-state index is 0.765. The highest BCUT2D eigenvalue weighted by atomic mass is 16.3.